The molecule has 3 N–H and O–H groups in total. The largest absolute Gasteiger partial charge is 0.397 e. The van der Waals surface area contributed by atoms with E-state index in [-0.39, 0.29) is 5.91 Å². The number of aromatic nitrogens is 1. The standard InChI is InChI=1S/C15H20N4O/c1-18(2)11-6-7-19(9-11)15(20)13-8-10-4-3-5-12(16)14(10)17-13/h3-5,8,11,17H,6-7,9,16H2,1-2H3. The van der Waals surface area contributed by atoms with Gasteiger partial charge in [-0.15, -0.1) is 0 Å². The zero-order valence-corrected chi connectivity index (χ0v) is 11.9. The normalized spacial score (nSPS) is 19.1. The van der Waals surface area contributed by atoms with Gasteiger partial charge >= 0.3 is 0 Å². The monoisotopic (exact) mass is 272 g/mol. The van der Waals surface area contributed by atoms with E-state index in [1.54, 1.807) is 0 Å². The molecule has 0 saturated carbocycles. The first kappa shape index (κ1) is 13.0. The first-order valence-corrected chi connectivity index (χ1v) is 6.89. The van der Waals surface area contributed by atoms with Crippen molar-refractivity contribution in [1.29, 1.82) is 0 Å². The summed E-state index contributed by atoms with van der Waals surface area (Å²) >= 11 is 0. The lowest BCUT2D eigenvalue weighted by Gasteiger charge is -2.20. The van der Waals surface area contributed by atoms with Gasteiger partial charge in [-0.05, 0) is 32.6 Å². The molecule has 3 rings (SSSR count). The number of anilines is 1. The van der Waals surface area contributed by atoms with Gasteiger partial charge in [0.05, 0.1) is 11.2 Å². The quantitative estimate of drug-likeness (QED) is 0.815. The number of aromatic amines is 1. The summed E-state index contributed by atoms with van der Waals surface area (Å²) in [6, 6.07) is 8.04. The third-order valence-electron chi connectivity index (χ3n) is 4.10. The molecule has 2 aromatic rings. The number of hydrogen-bond acceptors (Lipinski definition) is 3. The molecular formula is C15H20N4O. The number of nitrogens with zero attached hydrogens (tertiary/aromatic N) is 2. The summed E-state index contributed by atoms with van der Waals surface area (Å²) in [5.74, 6) is 0.0601. The molecule has 1 fully saturated rings. The van der Waals surface area contributed by atoms with Crippen LogP contribution in [0.3, 0.4) is 0 Å². The van der Waals surface area contributed by atoms with E-state index in [0.717, 1.165) is 30.4 Å². The lowest BCUT2D eigenvalue weighted by molar-refractivity contribution is 0.0778. The molecule has 20 heavy (non-hydrogen) atoms. The molecule has 5 nitrogen and oxygen atoms in total. The molecular weight excluding hydrogens is 252 g/mol. The molecule has 106 valence electrons. The zero-order valence-electron chi connectivity index (χ0n) is 11.9. The Kier molecular flexibility index (Phi) is 3.14. The van der Waals surface area contributed by atoms with E-state index in [0.29, 0.717) is 17.4 Å². The highest BCUT2D eigenvalue weighted by Gasteiger charge is 2.28. The minimum Gasteiger partial charge on any atom is -0.397 e. The maximum Gasteiger partial charge on any atom is 0.270 e. The van der Waals surface area contributed by atoms with Crippen LogP contribution >= 0.6 is 0 Å². The van der Waals surface area contributed by atoms with Gasteiger partial charge in [0.15, 0.2) is 0 Å². The number of nitrogen functional groups attached to an aromatic ring is 1. The van der Waals surface area contributed by atoms with E-state index in [1.165, 1.54) is 0 Å². The Bertz CT molecular complexity index is 646. The van der Waals surface area contributed by atoms with Crippen LogP contribution in [-0.2, 0) is 0 Å². The number of para-hydroxylation sites is 1. The lowest BCUT2D eigenvalue weighted by atomic mass is 10.2. The summed E-state index contributed by atoms with van der Waals surface area (Å²) in [4.78, 5) is 19.8. The van der Waals surface area contributed by atoms with Gasteiger partial charge in [-0.3, -0.25) is 4.79 Å². The van der Waals surface area contributed by atoms with Crippen LogP contribution in [0, 0.1) is 0 Å². The Balaban J connectivity index is 1.84. The molecule has 2 heterocycles. The molecule has 5 heteroatoms. The number of carbonyl (C=O) groups excluding carboxylic acids is 1. The average molecular weight is 272 g/mol. The number of likely N-dealkylation sites (N-methyl/N-ethyl adjacent to an activating group) is 1. The molecule has 0 aliphatic carbocycles. The predicted octanol–water partition coefficient (Wildman–Crippen LogP) is 1.53. The Morgan fingerprint density at radius 3 is 2.90 bits per heavy atom. The first-order chi connectivity index (χ1) is 9.56. The van der Waals surface area contributed by atoms with Crippen molar-refractivity contribution >= 4 is 22.5 Å². The van der Waals surface area contributed by atoms with Crippen molar-refractivity contribution in [2.75, 3.05) is 32.9 Å². The molecule has 1 aliphatic rings. The highest BCUT2D eigenvalue weighted by molar-refractivity contribution is 6.00. The number of benzene rings is 1. The Morgan fingerprint density at radius 1 is 1.45 bits per heavy atom. The van der Waals surface area contributed by atoms with E-state index >= 15 is 0 Å². The molecule has 1 aromatic carbocycles. The smallest absolute Gasteiger partial charge is 0.270 e. The maximum absolute atomic E-state index is 12.5. The van der Waals surface area contributed by atoms with Gasteiger partial charge in [-0.25, -0.2) is 0 Å². The van der Waals surface area contributed by atoms with Crippen LogP contribution in [0.5, 0.6) is 0 Å². The molecule has 1 aromatic heterocycles. The summed E-state index contributed by atoms with van der Waals surface area (Å²) in [5, 5.41) is 0.983. The number of nitrogens with one attached hydrogen (secondary N) is 1. The number of fused-ring (bicyclic) bond motifs is 1. The van der Waals surface area contributed by atoms with E-state index in [9.17, 15) is 4.79 Å². The third kappa shape index (κ3) is 2.14. The minimum absolute atomic E-state index is 0.0601. The highest BCUT2D eigenvalue weighted by Crippen LogP contribution is 2.23. The number of amides is 1. The van der Waals surface area contributed by atoms with Gasteiger partial charge in [-0.1, -0.05) is 12.1 Å². The van der Waals surface area contributed by atoms with E-state index in [1.807, 2.05) is 29.2 Å². The fourth-order valence-corrected chi connectivity index (χ4v) is 2.81. The van der Waals surface area contributed by atoms with Crippen LogP contribution in [0.25, 0.3) is 10.9 Å². The minimum atomic E-state index is 0.0601. The van der Waals surface area contributed by atoms with Crippen LogP contribution in [0.4, 0.5) is 5.69 Å². The molecule has 1 saturated heterocycles. The summed E-state index contributed by atoms with van der Waals surface area (Å²) in [6.45, 7) is 1.60. The van der Waals surface area contributed by atoms with Crippen molar-refractivity contribution in [1.82, 2.24) is 14.8 Å². The van der Waals surface area contributed by atoms with Crippen molar-refractivity contribution in [3.05, 3.63) is 30.0 Å². The SMILES string of the molecule is CN(C)C1CCN(C(=O)c2cc3cccc(N)c3[nH]2)C1. The van der Waals surface area contributed by atoms with Crippen LogP contribution in [-0.4, -0.2) is 53.9 Å². The number of carbonyl (C=O) groups is 1. The molecule has 1 amide bonds. The Labute approximate surface area is 118 Å². The van der Waals surface area contributed by atoms with Crippen LogP contribution in [0.1, 0.15) is 16.9 Å². The predicted molar refractivity (Wildman–Crippen MR) is 80.7 cm³/mol. The zero-order chi connectivity index (χ0) is 14.3. The van der Waals surface area contributed by atoms with Crippen molar-refractivity contribution in [2.45, 2.75) is 12.5 Å². The van der Waals surface area contributed by atoms with Gasteiger partial charge < -0.3 is 20.5 Å². The van der Waals surface area contributed by atoms with E-state index < -0.39 is 0 Å². The second-order valence-electron chi connectivity index (χ2n) is 5.65. The number of rotatable bonds is 2. The van der Waals surface area contributed by atoms with E-state index in [4.69, 9.17) is 5.73 Å². The van der Waals surface area contributed by atoms with Crippen LogP contribution in [0.15, 0.2) is 24.3 Å². The van der Waals surface area contributed by atoms with Gasteiger partial charge in [0, 0.05) is 24.5 Å². The first-order valence-electron chi connectivity index (χ1n) is 6.89. The van der Waals surface area contributed by atoms with Crippen LogP contribution < -0.4 is 5.73 Å². The van der Waals surface area contributed by atoms with Gasteiger partial charge in [0.2, 0.25) is 0 Å². The van der Waals surface area contributed by atoms with E-state index in [2.05, 4.69) is 24.0 Å². The summed E-state index contributed by atoms with van der Waals surface area (Å²) in [7, 11) is 4.12. The van der Waals surface area contributed by atoms with Crippen molar-refractivity contribution in [3.63, 3.8) is 0 Å². The number of nitrogens with two attached hydrogens (primary N) is 1. The van der Waals surface area contributed by atoms with Crippen molar-refractivity contribution in [3.8, 4) is 0 Å². The highest BCUT2D eigenvalue weighted by atomic mass is 16.2. The maximum atomic E-state index is 12.5. The summed E-state index contributed by atoms with van der Waals surface area (Å²) in [6.07, 6.45) is 1.03. The number of H-pyrrole nitrogens is 1. The fraction of sp³-hybridized carbons (Fsp3) is 0.400. The molecule has 0 bridgehead atoms. The molecule has 1 aliphatic heterocycles. The average Bonchev–Trinajstić information content (AvgIpc) is 3.05. The van der Waals surface area contributed by atoms with Gasteiger partial charge in [0.1, 0.15) is 5.69 Å². The topological polar surface area (TPSA) is 65.4 Å². The molecule has 1 unspecified atom stereocenters. The Hall–Kier alpha value is -2.01. The lowest BCUT2D eigenvalue weighted by Crippen LogP contribution is -2.34. The fourth-order valence-electron chi connectivity index (χ4n) is 2.81. The molecule has 1 atom stereocenters. The molecule has 0 radical (unpaired) electrons. The molecule has 0 spiro atoms. The number of hydrogen-bond donors (Lipinski definition) is 2. The summed E-state index contributed by atoms with van der Waals surface area (Å²) < 4.78 is 0. The summed E-state index contributed by atoms with van der Waals surface area (Å²) in [5.41, 5.74) is 8.07. The second-order valence-corrected chi connectivity index (χ2v) is 5.65. The van der Waals surface area contributed by atoms with Gasteiger partial charge in [-0.2, -0.15) is 0 Å². The second kappa shape index (κ2) is 4.83. The number of likely N-dealkylation sites (tertiary alicyclic amines) is 1. The third-order valence-corrected chi connectivity index (χ3v) is 4.10. The van der Waals surface area contributed by atoms with Crippen LogP contribution in [0.2, 0.25) is 0 Å². The van der Waals surface area contributed by atoms with Crippen molar-refractivity contribution < 1.29 is 4.79 Å². The van der Waals surface area contributed by atoms with Gasteiger partial charge in [0.25, 0.3) is 5.91 Å². The van der Waals surface area contributed by atoms with Crippen molar-refractivity contribution in [2.24, 2.45) is 0 Å². The Morgan fingerprint density at radius 2 is 2.25 bits per heavy atom.